The van der Waals surface area contributed by atoms with E-state index in [-0.39, 0.29) is 11.7 Å². The van der Waals surface area contributed by atoms with E-state index in [1.54, 1.807) is 0 Å². The Balaban J connectivity index is 2.78. The lowest BCUT2D eigenvalue weighted by molar-refractivity contribution is 0.420. The molecule has 1 aliphatic rings. The van der Waals surface area contributed by atoms with Gasteiger partial charge in [0.15, 0.2) is 0 Å². The Bertz CT molecular complexity index is 374. The number of hydrogen-bond acceptors (Lipinski definition) is 3. The molecule has 0 saturated heterocycles. The van der Waals surface area contributed by atoms with E-state index in [9.17, 15) is 13.7 Å². The Morgan fingerprint density at radius 1 is 1.24 bits per heavy atom. The van der Waals surface area contributed by atoms with Gasteiger partial charge in [-0.25, -0.2) is 8.42 Å². The summed E-state index contributed by atoms with van der Waals surface area (Å²) in [6.07, 6.45) is 5.32. The molecule has 0 aliphatic heterocycles. The van der Waals surface area contributed by atoms with Gasteiger partial charge in [-0.1, -0.05) is 39.5 Å². The highest BCUT2D eigenvalue weighted by molar-refractivity contribution is 7.89. The highest BCUT2D eigenvalue weighted by Crippen LogP contribution is 2.27. The van der Waals surface area contributed by atoms with Crippen molar-refractivity contribution in [2.45, 2.75) is 57.9 Å². The average molecular weight is 258 g/mol. The van der Waals surface area contributed by atoms with Gasteiger partial charge in [0.05, 0.1) is 11.8 Å². The maximum atomic E-state index is 11.9. The van der Waals surface area contributed by atoms with E-state index in [1.165, 1.54) is 0 Å². The molecular formula is C12H22N2O2S. The molecule has 0 atom stereocenters. The van der Waals surface area contributed by atoms with E-state index < -0.39 is 15.6 Å². The number of rotatable bonds is 4. The molecule has 5 heteroatoms. The lowest BCUT2D eigenvalue weighted by Gasteiger charge is -2.26. The number of nitrogens with one attached hydrogen (secondary N) is 1. The summed E-state index contributed by atoms with van der Waals surface area (Å²) in [7, 11) is -3.34. The van der Waals surface area contributed by atoms with E-state index in [2.05, 4.69) is 10.8 Å². The number of nitrogens with zero attached hydrogens (tertiary/aromatic N) is 1. The van der Waals surface area contributed by atoms with Crippen LogP contribution in [0.25, 0.3) is 0 Å². The third-order valence-electron chi connectivity index (χ3n) is 3.07. The van der Waals surface area contributed by atoms with E-state index in [4.69, 9.17) is 0 Å². The van der Waals surface area contributed by atoms with Gasteiger partial charge in [0.25, 0.3) is 0 Å². The van der Waals surface area contributed by atoms with Gasteiger partial charge < -0.3 is 0 Å². The van der Waals surface area contributed by atoms with Gasteiger partial charge in [-0.3, -0.25) is 0 Å². The van der Waals surface area contributed by atoms with Gasteiger partial charge in [-0.05, 0) is 18.8 Å². The first-order chi connectivity index (χ1) is 7.89. The Hall–Kier alpha value is -0.600. The second-order valence-corrected chi connectivity index (χ2v) is 7.15. The fourth-order valence-corrected chi connectivity index (χ4v) is 4.15. The highest BCUT2D eigenvalue weighted by Gasteiger charge is 2.35. The predicted molar refractivity (Wildman–Crippen MR) is 67.8 cm³/mol. The molecule has 4 nitrogen and oxygen atoms in total. The number of hydrogen-bond donors (Lipinski definition) is 1. The molecule has 0 heterocycles. The second kappa shape index (κ2) is 5.83. The van der Waals surface area contributed by atoms with Gasteiger partial charge >= 0.3 is 0 Å². The van der Waals surface area contributed by atoms with Crippen LogP contribution in [-0.4, -0.2) is 19.7 Å². The summed E-state index contributed by atoms with van der Waals surface area (Å²) >= 11 is 0. The van der Waals surface area contributed by atoms with Gasteiger partial charge in [-0.15, -0.1) is 0 Å². The highest BCUT2D eigenvalue weighted by atomic mass is 32.2. The summed E-state index contributed by atoms with van der Waals surface area (Å²) in [6, 6.07) is 2.20. The Kier molecular flexibility index (Phi) is 4.96. The standard InChI is InChI=1S/C12H22N2O2S/c1-11(2)9-17(15,16)14-12(10-13)7-5-3-4-6-8-12/h11,14H,3-9H2,1-2H3. The van der Waals surface area contributed by atoms with Crippen LogP contribution in [0.4, 0.5) is 0 Å². The van der Waals surface area contributed by atoms with Gasteiger partial charge in [0, 0.05) is 0 Å². The summed E-state index contributed by atoms with van der Waals surface area (Å²) in [5.74, 6) is 0.171. The van der Waals surface area contributed by atoms with Gasteiger partial charge in [0.2, 0.25) is 10.0 Å². The maximum Gasteiger partial charge on any atom is 0.213 e. The molecule has 0 aromatic heterocycles. The van der Waals surface area contributed by atoms with Crippen molar-refractivity contribution in [1.29, 1.82) is 5.26 Å². The van der Waals surface area contributed by atoms with Gasteiger partial charge in [0.1, 0.15) is 5.54 Å². The minimum absolute atomic E-state index is 0.0778. The quantitative estimate of drug-likeness (QED) is 0.786. The van der Waals surface area contributed by atoms with Crippen molar-refractivity contribution < 1.29 is 8.42 Å². The average Bonchev–Trinajstić information content (AvgIpc) is 2.41. The minimum Gasteiger partial charge on any atom is -0.212 e. The summed E-state index contributed by atoms with van der Waals surface area (Å²) in [5.41, 5.74) is -0.857. The Labute approximate surface area is 104 Å². The molecule has 1 fully saturated rings. The normalized spacial score (nSPS) is 20.8. The van der Waals surface area contributed by atoms with Crippen LogP contribution < -0.4 is 4.72 Å². The summed E-state index contributed by atoms with van der Waals surface area (Å²) in [5, 5.41) is 9.29. The number of nitriles is 1. The van der Waals surface area contributed by atoms with E-state index in [0.717, 1.165) is 25.7 Å². The molecule has 1 saturated carbocycles. The molecule has 0 bridgehead atoms. The molecule has 98 valence electrons. The van der Waals surface area contributed by atoms with Crippen LogP contribution in [0.2, 0.25) is 0 Å². The smallest absolute Gasteiger partial charge is 0.212 e. The first-order valence-corrected chi connectivity index (χ1v) is 7.97. The van der Waals surface area contributed by atoms with Crippen LogP contribution in [0.5, 0.6) is 0 Å². The fraction of sp³-hybridized carbons (Fsp3) is 0.917. The lowest BCUT2D eigenvalue weighted by atomic mass is 9.94. The third kappa shape index (κ3) is 4.64. The van der Waals surface area contributed by atoms with E-state index >= 15 is 0 Å². The van der Waals surface area contributed by atoms with E-state index in [1.807, 2.05) is 13.8 Å². The molecule has 0 aromatic rings. The first kappa shape index (κ1) is 14.5. The molecule has 0 radical (unpaired) electrons. The zero-order valence-electron chi connectivity index (χ0n) is 10.7. The molecule has 0 unspecified atom stereocenters. The van der Waals surface area contributed by atoms with Gasteiger partial charge in [-0.2, -0.15) is 9.98 Å². The molecule has 0 spiro atoms. The van der Waals surface area contributed by atoms with Crippen molar-refractivity contribution in [1.82, 2.24) is 4.72 Å². The fourth-order valence-electron chi connectivity index (χ4n) is 2.35. The first-order valence-electron chi connectivity index (χ1n) is 6.32. The lowest BCUT2D eigenvalue weighted by Crippen LogP contribution is -2.48. The van der Waals surface area contributed by atoms with E-state index in [0.29, 0.717) is 12.8 Å². The molecular weight excluding hydrogens is 236 g/mol. The molecule has 0 amide bonds. The van der Waals surface area contributed by atoms with Crippen LogP contribution in [0.15, 0.2) is 0 Å². The summed E-state index contributed by atoms with van der Waals surface area (Å²) < 4.78 is 26.5. The zero-order valence-corrected chi connectivity index (χ0v) is 11.5. The van der Waals surface area contributed by atoms with Crippen molar-refractivity contribution in [3.8, 4) is 6.07 Å². The largest absolute Gasteiger partial charge is 0.213 e. The molecule has 1 N–H and O–H groups in total. The van der Waals surface area contributed by atoms with Crippen molar-refractivity contribution in [3.05, 3.63) is 0 Å². The van der Waals surface area contributed by atoms with Crippen molar-refractivity contribution >= 4 is 10.0 Å². The molecule has 17 heavy (non-hydrogen) atoms. The molecule has 1 aliphatic carbocycles. The molecule has 0 aromatic carbocycles. The third-order valence-corrected chi connectivity index (χ3v) is 4.88. The van der Waals surface area contributed by atoms with Crippen molar-refractivity contribution in [2.75, 3.05) is 5.75 Å². The Morgan fingerprint density at radius 2 is 1.76 bits per heavy atom. The monoisotopic (exact) mass is 258 g/mol. The maximum absolute atomic E-state index is 11.9. The SMILES string of the molecule is CC(C)CS(=O)(=O)NC1(C#N)CCCCCC1. The number of sulfonamides is 1. The summed E-state index contributed by atoms with van der Waals surface area (Å²) in [6.45, 7) is 3.73. The van der Waals surface area contributed by atoms with Crippen LogP contribution in [0.1, 0.15) is 52.4 Å². The van der Waals surface area contributed by atoms with Crippen LogP contribution >= 0.6 is 0 Å². The van der Waals surface area contributed by atoms with Crippen molar-refractivity contribution in [2.24, 2.45) is 5.92 Å². The molecule has 1 rings (SSSR count). The van der Waals surface area contributed by atoms with Crippen LogP contribution in [0.3, 0.4) is 0 Å². The Morgan fingerprint density at radius 3 is 2.18 bits per heavy atom. The van der Waals surface area contributed by atoms with Crippen molar-refractivity contribution in [3.63, 3.8) is 0 Å². The topological polar surface area (TPSA) is 70.0 Å². The minimum atomic E-state index is -3.34. The second-order valence-electron chi connectivity index (χ2n) is 5.39. The zero-order chi connectivity index (χ0) is 12.9. The summed E-state index contributed by atoms with van der Waals surface area (Å²) in [4.78, 5) is 0. The van der Waals surface area contributed by atoms with Crippen LogP contribution in [-0.2, 0) is 10.0 Å². The predicted octanol–water partition coefficient (Wildman–Crippen LogP) is 2.18. The van der Waals surface area contributed by atoms with Crippen LogP contribution in [0, 0.1) is 17.2 Å².